The van der Waals surface area contributed by atoms with E-state index in [-0.39, 0.29) is 17.8 Å². The highest BCUT2D eigenvalue weighted by Gasteiger charge is 2.33. The van der Waals surface area contributed by atoms with Gasteiger partial charge in [-0.15, -0.1) is 0 Å². The first-order valence-electron chi connectivity index (χ1n) is 8.22. The lowest BCUT2D eigenvalue weighted by Gasteiger charge is -2.29. The van der Waals surface area contributed by atoms with E-state index in [0.717, 1.165) is 38.1 Å². The van der Waals surface area contributed by atoms with Gasteiger partial charge in [-0.05, 0) is 45.4 Å². The monoisotopic (exact) mass is 380 g/mol. The maximum atomic E-state index is 12.7. The van der Waals surface area contributed by atoms with Gasteiger partial charge in [0.2, 0.25) is 10.0 Å². The quantitative estimate of drug-likeness (QED) is 0.793. The zero-order valence-corrected chi connectivity index (χ0v) is 15.0. The van der Waals surface area contributed by atoms with Gasteiger partial charge in [0.25, 0.3) is 0 Å². The Morgan fingerprint density at radius 1 is 1.20 bits per heavy atom. The van der Waals surface area contributed by atoms with E-state index in [9.17, 15) is 21.6 Å². The fourth-order valence-electron chi connectivity index (χ4n) is 2.71. The molecular formula is C15H23F3N4O2S. The van der Waals surface area contributed by atoms with Gasteiger partial charge in [0.15, 0.2) is 0 Å². The Hall–Kier alpha value is -1.42. The van der Waals surface area contributed by atoms with Crippen LogP contribution in [-0.2, 0) is 16.2 Å². The van der Waals surface area contributed by atoms with Crippen LogP contribution in [0.5, 0.6) is 0 Å². The van der Waals surface area contributed by atoms with Crippen molar-refractivity contribution in [2.45, 2.75) is 57.0 Å². The highest BCUT2D eigenvalue weighted by Crippen LogP contribution is 2.30. The summed E-state index contributed by atoms with van der Waals surface area (Å²) in [6.07, 6.45) is -0.494. The third-order valence-electron chi connectivity index (χ3n) is 4.35. The Balaban J connectivity index is 1.83. The number of rotatable bonds is 6. The Kier molecular flexibility index (Phi) is 6.26. The first-order valence-corrected chi connectivity index (χ1v) is 9.77. The van der Waals surface area contributed by atoms with Gasteiger partial charge in [-0.25, -0.2) is 23.1 Å². The lowest BCUT2D eigenvalue weighted by atomic mass is 9.86. The Labute approximate surface area is 145 Å². The fourth-order valence-corrected chi connectivity index (χ4v) is 3.51. The van der Waals surface area contributed by atoms with Crippen LogP contribution < -0.4 is 10.0 Å². The molecule has 1 fully saturated rings. The number of anilines is 1. The summed E-state index contributed by atoms with van der Waals surface area (Å²) < 4.78 is 64.1. The molecule has 1 aromatic rings. The van der Waals surface area contributed by atoms with E-state index in [1.165, 1.54) is 0 Å². The van der Waals surface area contributed by atoms with E-state index < -0.39 is 27.1 Å². The first kappa shape index (κ1) is 19.9. The van der Waals surface area contributed by atoms with Gasteiger partial charge in [-0.2, -0.15) is 13.2 Å². The second-order valence-corrected chi connectivity index (χ2v) is 8.91. The highest BCUT2D eigenvalue weighted by atomic mass is 32.2. The summed E-state index contributed by atoms with van der Waals surface area (Å²) in [5, 5.41) is 2.55. The Morgan fingerprint density at radius 3 is 2.40 bits per heavy atom. The van der Waals surface area contributed by atoms with Crippen molar-refractivity contribution in [2.24, 2.45) is 5.92 Å². The molecule has 10 heteroatoms. The molecule has 1 aliphatic carbocycles. The van der Waals surface area contributed by atoms with Crippen molar-refractivity contribution in [1.29, 1.82) is 0 Å². The van der Waals surface area contributed by atoms with E-state index >= 15 is 0 Å². The lowest BCUT2D eigenvalue weighted by molar-refractivity contribution is -0.141. The molecule has 0 aromatic carbocycles. The number of halogens is 3. The maximum absolute atomic E-state index is 12.7. The molecule has 0 radical (unpaired) electrons. The molecule has 0 bridgehead atoms. The Morgan fingerprint density at radius 2 is 1.84 bits per heavy atom. The molecule has 2 N–H and O–H groups in total. The van der Waals surface area contributed by atoms with Crippen LogP contribution in [0.25, 0.3) is 0 Å². The zero-order chi connectivity index (χ0) is 18.7. The van der Waals surface area contributed by atoms with Gasteiger partial charge in [0.05, 0.1) is 5.25 Å². The van der Waals surface area contributed by atoms with Crippen molar-refractivity contribution in [3.05, 3.63) is 18.1 Å². The van der Waals surface area contributed by atoms with Crippen LogP contribution in [0, 0.1) is 5.92 Å². The average Bonchev–Trinajstić information content (AvgIpc) is 2.53. The second-order valence-electron chi connectivity index (χ2n) is 6.59. The number of nitrogens with zero attached hydrogens (tertiary/aromatic N) is 2. The molecule has 0 spiro atoms. The van der Waals surface area contributed by atoms with Gasteiger partial charge in [-0.3, -0.25) is 0 Å². The second kappa shape index (κ2) is 7.86. The SMILES string of the molecule is CC(C)S(=O)(=O)NC[C@H]1CC[C@H](Nc2cc(C(F)(F)F)ncn2)CC1. The molecule has 1 saturated carbocycles. The number of hydrogen-bond donors (Lipinski definition) is 2. The number of aromatic nitrogens is 2. The summed E-state index contributed by atoms with van der Waals surface area (Å²) in [6, 6.07) is 0.928. The van der Waals surface area contributed by atoms with Crippen LogP contribution in [0.15, 0.2) is 12.4 Å². The molecule has 1 aromatic heterocycles. The highest BCUT2D eigenvalue weighted by molar-refractivity contribution is 7.90. The molecular weight excluding hydrogens is 357 g/mol. The summed E-state index contributed by atoms with van der Waals surface area (Å²) >= 11 is 0. The van der Waals surface area contributed by atoms with Crippen molar-refractivity contribution in [3.63, 3.8) is 0 Å². The largest absolute Gasteiger partial charge is 0.433 e. The molecule has 1 aliphatic rings. The summed E-state index contributed by atoms with van der Waals surface area (Å²) in [7, 11) is -3.27. The van der Waals surface area contributed by atoms with Crippen LogP contribution >= 0.6 is 0 Å². The number of hydrogen-bond acceptors (Lipinski definition) is 5. The van der Waals surface area contributed by atoms with E-state index in [1.54, 1.807) is 13.8 Å². The number of sulfonamides is 1. The number of nitrogens with one attached hydrogen (secondary N) is 2. The van der Waals surface area contributed by atoms with Gasteiger partial charge in [0, 0.05) is 18.7 Å². The van der Waals surface area contributed by atoms with Crippen LogP contribution in [0.3, 0.4) is 0 Å². The fraction of sp³-hybridized carbons (Fsp3) is 0.733. The molecule has 2 rings (SSSR count). The topological polar surface area (TPSA) is 84.0 Å². The minimum Gasteiger partial charge on any atom is -0.367 e. The first-order chi connectivity index (χ1) is 11.6. The van der Waals surface area contributed by atoms with Crippen molar-refractivity contribution in [2.75, 3.05) is 11.9 Å². The van der Waals surface area contributed by atoms with Crippen molar-refractivity contribution in [1.82, 2.24) is 14.7 Å². The van der Waals surface area contributed by atoms with E-state index in [4.69, 9.17) is 0 Å². The van der Waals surface area contributed by atoms with Gasteiger partial charge in [0.1, 0.15) is 17.8 Å². The normalized spacial score (nSPS) is 22.2. The molecule has 142 valence electrons. The maximum Gasteiger partial charge on any atom is 0.433 e. The lowest BCUT2D eigenvalue weighted by Crippen LogP contribution is -2.37. The Bertz CT molecular complexity index is 672. The molecule has 1 heterocycles. The third-order valence-corrected chi connectivity index (χ3v) is 6.16. The molecule has 0 amide bonds. The minimum absolute atomic E-state index is 0.0222. The average molecular weight is 380 g/mol. The predicted molar refractivity (Wildman–Crippen MR) is 88.5 cm³/mol. The van der Waals surface area contributed by atoms with Crippen LogP contribution in [-0.4, -0.2) is 36.2 Å². The third kappa shape index (κ3) is 5.81. The zero-order valence-electron chi connectivity index (χ0n) is 14.2. The molecule has 0 unspecified atom stereocenters. The van der Waals surface area contributed by atoms with Crippen molar-refractivity contribution >= 4 is 15.8 Å². The molecule has 6 nitrogen and oxygen atoms in total. The van der Waals surface area contributed by atoms with E-state index in [1.807, 2.05) is 0 Å². The molecule has 0 atom stereocenters. The number of alkyl halides is 3. The molecule has 25 heavy (non-hydrogen) atoms. The van der Waals surface area contributed by atoms with Gasteiger partial charge < -0.3 is 5.32 Å². The summed E-state index contributed by atoms with van der Waals surface area (Å²) in [4.78, 5) is 7.08. The van der Waals surface area contributed by atoms with Crippen molar-refractivity contribution in [3.8, 4) is 0 Å². The summed E-state index contributed by atoms with van der Waals surface area (Å²) in [5.41, 5.74) is -0.971. The van der Waals surface area contributed by atoms with Gasteiger partial charge >= 0.3 is 6.18 Å². The van der Waals surface area contributed by atoms with Crippen LogP contribution in [0.1, 0.15) is 45.2 Å². The summed E-state index contributed by atoms with van der Waals surface area (Å²) in [6.45, 7) is 3.65. The van der Waals surface area contributed by atoms with E-state index in [2.05, 4.69) is 20.0 Å². The predicted octanol–water partition coefficient (Wildman–Crippen LogP) is 2.79. The molecule has 0 aliphatic heterocycles. The standard InChI is InChI=1S/C15H23F3N4O2S/c1-10(2)25(23,24)21-8-11-3-5-12(6-4-11)22-14-7-13(15(16,17)18)19-9-20-14/h7,9-12,21H,3-6,8H2,1-2H3,(H,19,20,22)/t11-,12-. The van der Waals surface area contributed by atoms with Crippen LogP contribution in [0.4, 0.5) is 19.0 Å². The smallest absolute Gasteiger partial charge is 0.367 e. The van der Waals surface area contributed by atoms with E-state index in [0.29, 0.717) is 6.54 Å². The van der Waals surface area contributed by atoms with Crippen molar-refractivity contribution < 1.29 is 21.6 Å². The van der Waals surface area contributed by atoms with Crippen LogP contribution in [0.2, 0.25) is 0 Å². The molecule has 0 saturated heterocycles. The summed E-state index contributed by atoms with van der Waals surface area (Å²) in [5.74, 6) is 0.397. The minimum atomic E-state index is -4.50. The van der Waals surface area contributed by atoms with Gasteiger partial charge in [-0.1, -0.05) is 0 Å².